The number of cyclic esters (lactones) is 1. The van der Waals surface area contributed by atoms with Gasteiger partial charge in [-0.15, -0.1) is 0 Å². The predicted molar refractivity (Wildman–Crippen MR) is 121 cm³/mol. The Morgan fingerprint density at radius 3 is 2.11 bits per heavy atom. The van der Waals surface area contributed by atoms with E-state index in [1.165, 1.54) is 26.2 Å². The van der Waals surface area contributed by atoms with Crippen molar-refractivity contribution in [1.82, 2.24) is 4.90 Å². The van der Waals surface area contributed by atoms with Gasteiger partial charge in [0.05, 0.1) is 33.9 Å². The summed E-state index contributed by atoms with van der Waals surface area (Å²) in [6.07, 6.45) is -1.22. The average Bonchev–Trinajstić information content (AvgIpc) is 3.48. The van der Waals surface area contributed by atoms with Gasteiger partial charge in [-0.1, -0.05) is 0 Å². The molecule has 0 bridgehead atoms. The Labute approximate surface area is 202 Å². The zero-order valence-electron chi connectivity index (χ0n) is 20.2. The van der Waals surface area contributed by atoms with Crippen molar-refractivity contribution in [2.45, 2.75) is 12.0 Å². The summed E-state index contributed by atoms with van der Waals surface area (Å²) < 4.78 is 39.3. The summed E-state index contributed by atoms with van der Waals surface area (Å²) in [7, 11) is 7.83. The first kappa shape index (κ1) is 22.9. The molecule has 4 atom stereocenters. The molecule has 5 rings (SSSR count). The quantitative estimate of drug-likeness (QED) is 0.591. The highest BCUT2D eigenvalue weighted by Crippen LogP contribution is 2.56. The number of hydrogen-bond acceptors (Lipinski definition) is 9. The third kappa shape index (κ3) is 3.64. The molecule has 1 unspecified atom stereocenters. The number of carbonyl (C=O) groups is 2. The first-order valence-electron chi connectivity index (χ1n) is 11.2. The Morgan fingerprint density at radius 1 is 0.914 bits per heavy atom. The van der Waals surface area contributed by atoms with E-state index in [4.69, 9.17) is 33.2 Å². The molecule has 0 aromatic heterocycles. The fraction of sp³-hybridized carbons (Fsp3) is 0.440. The Kier molecular flexibility index (Phi) is 5.74. The number of esters is 1. The molecule has 10 nitrogen and oxygen atoms in total. The van der Waals surface area contributed by atoms with Gasteiger partial charge in [-0.3, -0.25) is 4.79 Å². The zero-order valence-corrected chi connectivity index (χ0v) is 20.2. The van der Waals surface area contributed by atoms with E-state index < -0.39 is 30.0 Å². The molecule has 2 aromatic carbocycles. The van der Waals surface area contributed by atoms with Gasteiger partial charge in [-0.2, -0.15) is 0 Å². The van der Waals surface area contributed by atoms with Crippen LogP contribution in [0.4, 0.5) is 4.79 Å². The second kappa shape index (κ2) is 8.75. The van der Waals surface area contributed by atoms with Crippen LogP contribution in [0.1, 0.15) is 28.7 Å². The highest BCUT2D eigenvalue weighted by Gasteiger charge is 2.54. The molecule has 10 heteroatoms. The topological polar surface area (TPSA) is 102 Å². The SMILES string of the molecule is COc1cc(C2c3cc4c(cc3[C@H](OC(=O)N(C)C)[C@H]3COC(=O)[C@@H]23)OCO4)cc(OC)c1OC. The van der Waals surface area contributed by atoms with E-state index in [0.717, 1.165) is 16.7 Å². The van der Waals surface area contributed by atoms with Gasteiger partial charge in [-0.25, -0.2) is 4.79 Å². The maximum Gasteiger partial charge on any atom is 0.409 e. The van der Waals surface area contributed by atoms with Crippen molar-refractivity contribution in [3.8, 4) is 28.7 Å². The van der Waals surface area contributed by atoms with Crippen LogP contribution in [0.5, 0.6) is 28.7 Å². The minimum absolute atomic E-state index is 0.0874. The number of methoxy groups -OCH3 is 3. The van der Waals surface area contributed by atoms with E-state index in [9.17, 15) is 9.59 Å². The van der Waals surface area contributed by atoms with Crippen LogP contribution >= 0.6 is 0 Å². The number of ether oxygens (including phenoxy) is 7. The van der Waals surface area contributed by atoms with E-state index in [1.54, 1.807) is 14.1 Å². The van der Waals surface area contributed by atoms with Gasteiger partial charge in [0.2, 0.25) is 12.5 Å². The molecule has 35 heavy (non-hydrogen) atoms. The Balaban J connectivity index is 1.73. The lowest BCUT2D eigenvalue weighted by Gasteiger charge is -2.39. The van der Waals surface area contributed by atoms with Crippen LogP contribution in [0.2, 0.25) is 0 Å². The number of rotatable bonds is 5. The molecular formula is C25H27NO9. The molecule has 2 aromatic rings. The molecule has 2 aliphatic heterocycles. The van der Waals surface area contributed by atoms with Crippen LogP contribution in [0, 0.1) is 11.8 Å². The first-order valence-corrected chi connectivity index (χ1v) is 11.2. The smallest absolute Gasteiger partial charge is 0.409 e. The molecule has 1 saturated heterocycles. The highest BCUT2D eigenvalue weighted by atomic mass is 16.7. The van der Waals surface area contributed by atoms with Gasteiger partial charge in [-0.05, 0) is 35.4 Å². The molecule has 0 saturated carbocycles. The normalized spacial score (nSPS) is 23.6. The van der Waals surface area contributed by atoms with Crippen LogP contribution in [0.3, 0.4) is 0 Å². The number of fused-ring (bicyclic) bond motifs is 3. The lowest BCUT2D eigenvalue weighted by atomic mass is 9.66. The predicted octanol–water partition coefficient (Wildman–Crippen LogP) is 3.12. The molecule has 1 amide bonds. The number of hydrogen-bond donors (Lipinski definition) is 0. The van der Waals surface area contributed by atoms with Crippen LogP contribution in [-0.2, 0) is 14.3 Å². The third-order valence-corrected chi connectivity index (χ3v) is 6.76. The van der Waals surface area contributed by atoms with Crippen LogP contribution in [-0.4, -0.2) is 65.8 Å². The number of benzene rings is 2. The Bertz CT molecular complexity index is 1150. The summed E-state index contributed by atoms with van der Waals surface area (Å²) in [6.45, 7) is 0.216. The van der Waals surface area contributed by atoms with Gasteiger partial charge < -0.3 is 38.1 Å². The molecule has 3 aliphatic rings. The lowest BCUT2D eigenvalue weighted by molar-refractivity contribution is -0.141. The monoisotopic (exact) mass is 485 g/mol. The van der Waals surface area contributed by atoms with E-state index in [1.807, 2.05) is 24.3 Å². The van der Waals surface area contributed by atoms with Gasteiger partial charge >= 0.3 is 12.1 Å². The second-order valence-electron chi connectivity index (χ2n) is 8.79. The molecule has 1 fully saturated rings. The maximum atomic E-state index is 13.1. The van der Waals surface area contributed by atoms with Crippen LogP contribution < -0.4 is 23.7 Å². The summed E-state index contributed by atoms with van der Waals surface area (Å²) in [6, 6.07) is 7.34. The molecule has 2 heterocycles. The van der Waals surface area contributed by atoms with E-state index >= 15 is 0 Å². The van der Waals surface area contributed by atoms with Crippen LogP contribution in [0.25, 0.3) is 0 Å². The van der Waals surface area contributed by atoms with Crippen LogP contribution in [0.15, 0.2) is 24.3 Å². The van der Waals surface area contributed by atoms with Crippen molar-refractivity contribution in [3.05, 3.63) is 41.0 Å². The molecular weight excluding hydrogens is 458 g/mol. The Morgan fingerprint density at radius 2 is 1.54 bits per heavy atom. The fourth-order valence-electron chi connectivity index (χ4n) is 5.16. The molecule has 0 spiro atoms. The van der Waals surface area contributed by atoms with Gasteiger partial charge in [0.15, 0.2) is 23.0 Å². The molecule has 186 valence electrons. The number of amides is 1. The van der Waals surface area contributed by atoms with Crippen molar-refractivity contribution in [2.24, 2.45) is 11.8 Å². The highest BCUT2D eigenvalue weighted by molar-refractivity contribution is 5.79. The maximum absolute atomic E-state index is 13.1. The van der Waals surface area contributed by atoms with Gasteiger partial charge in [0.1, 0.15) is 6.10 Å². The van der Waals surface area contributed by atoms with Crippen molar-refractivity contribution >= 4 is 12.1 Å². The Hall–Kier alpha value is -3.82. The average molecular weight is 485 g/mol. The molecule has 0 radical (unpaired) electrons. The fourth-order valence-corrected chi connectivity index (χ4v) is 5.16. The summed E-state index contributed by atoms with van der Waals surface area (Å²) in [5, 5.41) is 0. The van der Waals surface area contributed by atoms with Gasteiger partial charge in [0.25, 0.3) is 0 Å². The van der Waals surface area contributed by atoms with Crippen molar-refractivity contribution < 1.29 is 42.7 Å². The minimum Gasteiger partial charge on any atom is -0.493 e. The summed E-state index contributed by atoms with van der Waals surface area (Å²) in [5.74, 6) is 0.690. The number of carbonyl (C=O) groups excluding carboxylic acids is 2. The molecule has 1 aliphatic carbocycles. The second-order valence-corrected chi connectivity index (χ2v) is 8.79. The van der Waals surface area contributed by atoms with Gasteiger partial charge in [0, 0.05) is 31.5 Å². The number of nitrogens with zero attached hydrogens (tertiary/aromatic N) is 1. The largest absolute Gasteiger partial charge is 0.493 e. The lowest BCUT2D eigenvalue weighted by Crippen LogP contribution is -2.38. The summed E-state index contributed by atoms with van der Waals surface area (Å²) in [5.41, 5.74) is 2.29. The zero-order chi connectivity index (χ0) is 24.9. The first-order chi connectivity index (χ1) is 16.9. The van der Waals surface area contributed by atoms with Crippen molar-refractivity contribution in [3.63, 3.8) is 0 Å². The van der Waals surface area contributed by atoms with E-state index in [-0.39, 0.29) is 19.4 Å². The third-order valence-electron chi connectivity index (χ3n) is 6.76. The minimum atomic E-state index is -0.705. The molecule has 0 N–H and O–H groups in total. The van der Waals surface area contributed by atoms with Crippen molar-refractivity contribution in [2.75, 3.05) is 48.8 Å². The summed E-state index contributed by atoms with van der Waals surface area (Å²) in [4.78, 5) is 27.1. The standard InChI is InChI=1S/C25H27NO9/c1-26(2)25(28)35-22-14-9-17-16(33-11-34-17)8-13(14)20(21-15(22)10-32-24(21)27)12-6-18(29-3)23(31-5)19(7-12)30-4/h6-9,15,20-22H,10-11H2,1-5H3/t15-,20?,21+,22-/m0/s1. The summed E-state index contributed by atoms with van der Waals surface area (Å²) >= 11 is 0. The van der Waals surface area contributed by atoms with E-state index in [2.05, 4.69) is 0 Å². The van der Waals surface area contributed by atoms with Crippen molar-refractivity contribution in [1.29, 1.82) is 0 Å². The van der Waals surface area contributed by atoms with E-state index in [0.29, 0.717) is 28.7 Å².